The van der Waals surface area contributed by atoms with Crippen LogP contribution in [0.25, 0.3) is 0 Å². The van der Waals surface area contributed by atoms with Gasteiger partial charge in [-0.2, -0.15) is 0 Å². The first-order chi connectivity index (χ1) is 4.30. The fraction of sp³-hybridized carbons (Fsp3) is 1.00. The number of hydrogen-bond acceptors (Lipinski definition) is 1. The maximum absolute atomic E-state index is 12.5. The number of halogens is 1. The summed E-state index contributed by atoms with van der Waals surface area (Å²) >= 11 is 0. The SMILES string of the molecule is CC(F)[C@@H]1CCCCO1. The Labute approximate surface area is 55.2 Å². The quantitative estimate of drug-likeness (QED) is 0.529. The Balaban J connectivity index is 2.23. The molecular weight excluding hydrogens is 119 g/mol. The predicted octanol–water partition coefficient (Wildman–Crippen LogP) is 1.91. The second-order valence-corrected chi connectivity index (χ2v) is 2.58. The van der Waals surface area contributed by atoms with Gasteiger partial charge in [-0.05, 0) is 26.2 Å². The molecule has 54 valence electrons. The van der Waals surface area contributed by atoms with Gasteiger partial charge in [-0.15, -0.1) is 0 Å². The van der Waals surface area contributed by atoms with E-state index in [0.717, 1.165) is 25.9 Å². The first-order valence-corrected chi connectivity index (χ1v) is 3.56. The predicted molar refractivity (Wildman–Crippen MR) is 34.2 cm³/mol. The average Bonchev–Trinajstić information content (AvgIpc) is 1.90. The van der Waals surface area contributed by atoms with Gasteiger partial charge >= 0.3 is 0 Å². The van der Waals surface area contributed by atoms with Crippen LogP contribution in [0, 0.1) is 0 Å². The first-order valence-electron chi connectivity index (χ1n) is 3.56. The molecule has 0 saturated carbocycles. The second kappa shape index (κ2) is 3.16. The molecular formula is C7H13FO. The third-order valence-corrected chi connectivity index (χ3v) is 1.73. The molecule has 2 heteroatoms. The minimum Gasteiger partial charge on any atom is -0.375 e. The van der Waals surface area contributed by atoms with Gasteiger partial charge in [0.2, 0.25) is 0 Å². The molecule has 0 spiro atoms. The molecule has 0 aromatic rings. The molecule has 2 atom stereocenters. The van der Waals surface area contributed by atoms with E-state index in [1.807, 2.05) is 0 Å². The lowest BCUT2D eigenvalue weighted by Crippen LogP contribution is -2.26. The van der Waals surface area contributed by atoms with Gasteiger partial charge in [0.25, 0.3) is 0 Å². The van der Waals surface area contributed by atoms with E-state index in [1.165, 1.54) is 0 Å². The molecule has 9 heavy (non-hydrogen) atoms. The summed E-state index contributed by atoms with van der Waals surface area (Å²) < 4.78 is 17.6. The van der Waals surface area contributed by atoms with Gasteiger partial charge in [-0.1, -0.05) is 0 Å². The van der Waals surface area contributed by atoms with Crippen molar-refractivity contribution in [1.82, 2.24) is 0 Å². The topological polar surface area (TPSA) is 9.23 Å². The van der Waals surface area contributed by atoms with Gasteiger partial charge in [0.05, 0.1) is 6.10 Å². The van der Waals surface area contributed by atoms with Crippen LogP contribution in [0.3, 0.4) is 0 Å². The molecule has 1 aliphatic rings. The lowest BCUT2D eigenvalue weighted by Gasteiger charge is -2.23. The summed E-state index contributed by atoms with van der Waals surface area (Å²) in [5, 5.41) is 0. The van der Waals surface area contributed by atoms with E-state index < -0.39 is 6.17 Å². The van der Waals surface area contributed by atoms with Crippen LogP contribution in [0.2, 0.25) is 0 Å². The Bertz CT molecular complexity index is 77.0. The summed E-state index contributed by atoms with van der Waals surface area (Å²) in [6.07, 6.45) is 2.23. The highest BCUT2D eigenvalue weighted by Crippen LogP contribution is 2.16. The van der Waals surface area contributed by atoms with Crippen LogP contribution in [0.15, 0.2) is 0 Å². The van der Waals surface area contributed by atoms with Crippen LogP contribution in [0.4, 0.5) is 4.39 Å². The highest BCUT2D eigenvalue weighted by Gasteiger charge is 2.19. The normalized spacial score (nSPS) is 32.0. The Hall–Kier alpha value is -0.110. The Kier molecular flexibility index (Phi) is 2.46. The maximum Gasteiger partial charge on any atom is 0.123 e. The van der Waals surface area contributed by atoms with Crippen LogP contribution in [0.5, 0.6) is 0 Å². The van der Waals surface area contributed by atoms with E-state index in [2.05, 4.69) is 0 Å². The Morgan fingerprint density at radius 2 is 2.33 bits per heavy atom. The van der Waals surface area contributed by atoms with E-state index in [9.17, 15) is 4.39 Å². The van der Waals surface area contributed by atoms with Gasteiger partial charge in [0.15, 0.2) is 0 Å². The van der Waals surface area contributed by atoms with Gasteiger partial charge < -0.3 is 4.74 Å². The Morgan fingerprint density at radius 1 is 1.56 bits per heavy atom. The second-order valence-electron chi connectivity index (χ2n) is 2.58. The molecule has 1 saturated heterocycles. The molecule has 0 radical (unpaired) electrons. The van der Waals surface area contributed by atoms with Crippen molar-refractivity contribution in [2.45, 2.75) is 38.5 Å². The van der Waals surface area contributed by atoms with Gasteiger partial charge in [-0.25, -0.2) is 4.39 Å². The molecule has 0 aliphatic carbocycles. The number of ether oxygens (including phenoxy) is 1. The fourth-order valence-electron chi connectivity index (χ4n) is 1.13. The lowest BCUT2D eigenvalue weighted by molar-refractivity contribution is -0.0265. The van der Waals surface area contributed by atoms with Crippen LogP contribution in [-0.2, 0) is 4.74 Å². The van der Waals surface area contributed by atoms with Crippen molar-refractivity contribution in [1.29, 1.82) is 0 Å². The van der Waals surface area contributed by atoms with E-state index in [0.29, 0.717) is 0 Å². The smallest absolute Gasteiger partial charge is 0.123 e. The van der Waals surface area contributed by atoms with Crippen LogP contribution >= 0.6 is 0 Å². The van der Waals surface area contributed by atoms with Crippen LogP contribution in [-0.4, -0.2) is 18.9 Å². The fourth-order valence-corrected chi connectivity index (χ4v) is 1.13. The number of alkyl halides is 1. The van der Waals surface area contributed by atoms with Crippen molar-refractivity contribution in [3.8, 4) is 0 Å². The highest BCUT2D eigenvalue weighted by atomic mass is 19.1. The largest absolute Gasteiger partial charge is 0.375 e. The average molecular weight is 132 g/mol. The minimum atomic E-state index is -0.787. The molecule has 1 unspecified atom stereocenters. The minimum absolute atomic E-state index is 0.112. The molecule has 0 amide bonds. The summed E-state index contributed by atoms with van der Waals surface area (Å²) in [6, 6.07) is 0. The molecule has 1 heterocycles. The van der Waals surface area contributed by atoms with E-state index >= 15 is 0 Å². The lowest BCUT2D eigenvalue weighted by atomic mass is 10.1. The molecule has 1 rings (SSSR count). The van der Waals surface area contributed by atoms with Crippen LogP contribution < -0.4 is 0 Å². The molecule has 0 bridgehead atoms. The van der Waals surface area contributed by atoms with Crippen molar-refractivity contribution in [3.63, 3.8) is 0 Å². The van der Waals surface area contributed by atoms with Crippen molar-refractivity contribution >= 4 is 0 Å². The summed E-state index contributed by atoms with van der Waals surface area (Å²) in [5.41, 5.74) is 0. The summed E-state index contributed by atoms with van der Waals surface area (Å²) in [6.45, 7) is 2.31. The third-order valence-electron chi connectivity index (χ3n) is 1.73. The van der Waals surface area contributed by atoms with E-state index in [4.69, 9.17) is 4.74 Å². The van der Waals surface area contributed by atoms with Crippen molar-refractivity contribution in [2.75, 3.05) is 6.61 Å². The van der Waals surface area contributed by atoms with E-state index in [-0.39, 0.29) is 6.10 Å². The zero-order valence-corrected chi connectivity index (χ0v) is 5.77. The Morgan fingerprint density at radius 3 is 2.67 bits per heavy atom. The summed E-state index contributed by atoms with van der Waals surface area (Å²) in [7, 11) is 0. The summed E-state index contributed by atoms with van der Waals surface area (Å²) in [4.78, 5) is 0. The third kappa shape index (κ3) is 1.94. The molecule has 0 N–H and O–H groups in total. The standard InChI is InChI=1S/C7H13FO/c1-6(8)7-4-2-3-5-9-7/h6-7H,2-5H2,1H3/t6?,7-/m0/s1. The highest BCUT2D eigenvalue weighted by molar-refractivity contribution is 4.68. The summed E-state index contributed by atoms with van der Waals surface area (Å²) in [5.74, 6) is 0. The molecule has 1 aliphatic heterocycles. The van der Waals surface area contributed by atoms with Crippen molar-refractivity contribution in [3.05, 3.63) is 0 Å². The van der Waals surface area contributed by atoms with Crippen molar-refractivity contribution < 1.29 is 9.13 Å². The van der Waals surface area contributed by atoms with Crippen LogP contribution in [0.1, 0.15) is 26.2 Å². The van der Waals surface area contributed by atoms with Gasteiger partial charge in [-0.3, -0.25) is 0 Å². The zero-order chi connectivity index (χ0) is 6.69. The molecule has 1 nitrogen and oxygen atoms in total. The number of rotatable bonds is 1. The maximum atomic E-state index is 12.5. The monoisotopic (exact) mass is 132 g/mol. The molecule has 0 aromatic carbocycles. The molecule has 1 fully saturated rings. The van der Waals surface area contributed by atoms with E-state index in [1.54, 1.807) is 6.92 Å². The molecule has 0 aromatic heterocycles. The zero-order valence-electron chi connectivity index (χ0n) is 5.77. The van der Waals surface area contributed by atoms with Gasteiger partial charge in [0, 0.05) is 6.61 Å². The number of hydrogen-bond donors (Lipinski definition) is 0. The van der Waals surface area contributed by atoms with Crippen molar-refractivity contribution in [2.24, 2.45) is 0 Å². The van der Waals surface area contributed by atoms with Gasteiger partial charge in [0.1, 0.15) is 6.17 Å². The first kappa shape index (κ1) is 7.00.